The van der Waals surface area contributed by atoms with Crippen LogP contribution in [-0.2, 0) is 13.0 Å². The van der Waals surface area contributed by atoms with Crippen molar-refractivity contribution >= 4 is 16.8 Å². The van der Waals surface area contributed by atoms with Crippen LogP contribution in [0.25, 0.3) is 10.9 Å². The van der Waals surface area contributed by atoms with Crippen molar-refractivity contribution in [2.45, 2.75) is 20.0 Å². The van der Waals surface area contributed by atoms with E-state index in [-0.39, 0.29) is 5.91 Å². The van der Waals surface area contributed by atoms with Crippen molar-refractivity contribution in [2.24, 2.45) is 0 Å². The van der Waals surface area contributed by atoms with Crippen molar-refractivity contribution in [3.8, 4) is 5.75 Å². The standard InChI is InChI=1S/C25H24N2O2/c1-18-7-9-19(10-8-18)13-14-26-25(28)24-15-21-11-12-22(16-23(21)27-24)29-17-20-5-3-2-4-6-20/h2-12,15-16,27H,13-14,17H2,1H3,(H,26,28). The molecule has 29 heavy (non-hydrogen) atoms. The third-order valence-electron chi connectivity index (χ3n) is 4.91. The molecule has 0 atom stereocenters. The van der Waals surface area contributed by atoms with Gasteiger partial charge in [-0.1, -0.05) is 60.2 Å². The van der Waals surface area contributed by atoms with Crippen LogP contribution in [0.1, 0.15) is 27.2 Å². The summed E-state index contributed by atoms with van der Waals surface area (Å²) in [7, 11) is 0. The number of benzene rings is 3. The van der Waals surface area contributed by atoms with Gasteiger partial charge in [-0.05, 0) is 42.7 Å². The Labute approximate surface area is 170 Å². The highest BCUT2D eigenvalue weighted by Gasteiger charge is 2.10. The van der Waals surface area contributed by atoms with Crippen LogP contribution < -0.4 is 10.1 Å². The Balaban J connectivity index is 1.36. The predicted octanol–water partition coefficient (Wildman–Crippen LogP) is 5.03. The normalized spacial score (nSPS) is 10.8. The van der Waals surface area contributed by atoms with Crippen LogP contribution in [0.5, 0.6) is 5.75 Å². The number of aromatic amines is 1. The molecule has 0 aliphatic carbocycles. The van der Waals surface area contributed by atoms with E-state index in [1.807, 2.05) is 54.6 Å². The molecule has 4 heteroatoms. The molecule has 3 aromatic carbocycles. The third-order valence-corrected chi connectivity index (χ3v) is 4.91. The Morgan fingerprint density at radius 2 is 1.72 bits per heavy atom. The molecule has 0 saturated heterocycles. The quantitative estimate of drug-likeness (QED) is 0.470. The van der Waals surface area contributed by atoms with E-state index in [1.165, 1.54) is 11.1 Å². The highest BCUT2D eigenvalue weighted by Crippen LogP contribution is 2.22. The van der Waals surface area contributed by atoms with E-state index in [0.29, 0.717) is 18.8 Å². The molecule has 2 N–H and O–H groups in total. The number of amides is 1. The molecule has 1 aromatic heterocycles. The molecule has 1 heterocycles. The van der Waals surface area contributed by atoms with Crippen LogP contribution in [0.2, 0.25) is 0 Å². The molecular formula is C25H24N2O2. The second kappa shape index (κ2) is 8.65. The molecule has 0 aliphatic heterocycles. The van der Waals surface area contributed by atoms with Crippen molar-refractivity contribution in [3.05, 3.63) is 101 Å². The molecule has 4 aromatic rings. The van der Waals surface area contributed by atoms with Gasteiger partial charge in [-0.2, -0.15) is 0 Å². The Hall–Kier alpha value is -3.53. The molecule has 0 aliphatic rings. The molecule has 0 unspecified atom stereocenters. The van der Waals surface area contributed by atoms with E-state index in [9.17, 15) is 4.79 Å². The van der Waals surface area contributed by atoms with Crippen LogP contribution in [-0.4, -0.2) is 17.4 Å². The molecule has 146 valence electrons. The Bertz CT molecular complexity index is 1100. The van der Waals surface area contributed by atoms with Gasteiger partial charge in [0.2, 0.25) is 0 Å². The summed E-state index contributed by atoms with van der Waals surface area (Å²) in [6, 6.07) is 26.1. The summed E-state index contributed by atoms with van der Waals surface area (Å²) in [5, 5.41) is 3.97. The van der Waals surface area contributed by atoms with E-state index >= 15 is 0 Å². The maximum atomic E-state index is 12.5. The molecule has 0 fully saturated rings. The van der Waals surface area contributed by atoms with E-state index in [4.69, 9.17) is 4.74 Å². The maximum Gasteiger partial charge on any atom is 0.267 e. The summed E-state index contributed by atoms with van der Waals surface area (Å²) in [6.45, 7) is 3.18. The number of H-pyrrole nitrogens is 1. The number of ether oxygens (including phenoxy) is 1. The zero-order valence-corrected chi connectivity index (χ0v) is 16.4. The Kier molecular flexibility index (Phi) is 5.61. The first kappa shape index (κ1) is 18.8. The number of nitrogens with one attached hydrogen (secondary N) is 2. The summed E-state index contributed by atoms with van der Waals surface area (Å²) in [5.74, 6) is 0.676. The Morgan fingerprint density at radius 3 is 2.52 bits per heavy atom. The first-order valence-corrected chi connectivity index (χ1v) is 9.81. The van der Waals surface area contributed by atoms with E-state index in [0.717, 1.165) is 28.6 Å². The fourth-order valence-electron chi connectivity index (χ4n) is 3.23. The van der Waals surface area contributed by atoms with Crippen LogP contribution in [0, 0.1) is 6.92 Å². The summed E-state index contributed by atoms with van der Waals surface area (Å²) in [4.78, 5) is 15.7. The minimum atomic E-state index is -0.0972. The number of rotatable bonds is 7. The molecule has 0 spiro atoms. The van der Waals surface area contributed by atoms with Crippen LogP contribution in [0.3, 0.4) is 0 Å². The number of fused-ring (bicyclic) bond motifs is 1. The zero-order chi connectivity index (χ0) is 20.1. The highest BCUT2D eigenvalue weighted by atomic mass is 16.5. The average Bonchev–Trinajstić information content (AvgIpc) is 3.18. The summed E-state index contributed by atoms with van der Waals surface area (Å²) >= 11 is 0. The van der Waals surface area contributed by atoms with E-state index in [1.54, 1.807) is 0 Å². The van der Waals surface area contributed by atoms with Gasteiger partial charge in [-0.15, -0.1) is 0 Å². The molecular weight excluding hydrogens is 360 g/mol. The molecule has 0 radical (unpaired) electrons. The molecule has 0 saturated carbocycles. The summed E-state index contributed by atoms with van der Waals surface area (Å²) in [5.41, 5.74) is 5.02. The fraction of sp³-hybridized carbons (Fsp3) is 0.160. The van der Waals surface area contributed by atoms with Gasteiger partial charge < -0.3 is 15.0 Å². The largest absolute Gasteiger partial charge is 0.489 e. The average molecular weight is 384 g/mol. The van der Waals surface area contributed by atoms with Crippen LogP contribution in [0.15, 0.2) is 78.9 Å². The fourth-order valence-corrected chi connectivity index (χ4v) is 3.23. The smallest absolute Gasteiger partial charge is 0.267 e. The van der Waals surface area contributed by atoms with Crippen molar-refractivity contribution in [2.75, 3.05) is 6.54 Å². The third kappa shape index (κ3) is 4.85. The van der Waals surface area contributed by atoms with Crippen molar-refractivity contribution < 1.29 is 9.53 Å². The maximum absolute atomic E-state index is 12.5. The lowest BCUT2D eigenvalue weighted by Crippen LogP contribution is -2.25. The monoisotopic (exact) mass is 384 g/mol. The lowest BCUT2D eigenvalue weighted by Gasteiger charge is -2.06. The number of carbonyl (C=O) groups excluding carboxylic acids is 1. The number of hydrogen-bond donors (Lipinski definition) is 2. The first-order valence-electron chi connectivity index (χ1n) is 9.81. The predicted molar refractivity (Wildman–Crippen MR) is 116 cm³/mol. The molecule has 4 nitrogen and oxygen atoms in total. The van der Waals surface area contributed by atoms with Crippen LogP contribution in [0.4, 0.5) is 0 Å². The van der Waals surface area contributed by atoms with Gasteiger partial charge in [-0.25, -0.2) is 0 Å². The number of aromatic nitrogens is 1. The number of aryl methyl sites for hydroxylation is 1. The van der Waals surface area contributed by atoms with Crippen LogP contribution >= 0.6 is 0 Å². The summed E-state index contributed by atoms with van der Waals surface area (Å²) in [6.07, 6.45) is 0.809. The molecule has 4 rings (SSSR count). The van der Waals surface area contributed by atoms with Gasteiger partial charge in [0.1, 0.15) is 18.1 Å². The van der Waals surface area contributed by atoms with Crippen molar-refractivity contribution in [3.63, 3.8) is 0 Å². The van der Waals surface area contributed by atoms with Crippen molar-refractivity contribution in [1.29, 1.82) is 0 Å². The first-order chi connectivity index (χ1) is 14.2. The Morgan fingerprint density at radius 1 is 0.931 bits per heavy atom. The second-order valence-electron chi connectivity index (χ2n) is 7.20. The van der Waals surface area contributed by atoms with Gasteiger partial charge >= 0.3 is 0 Å². The van der Waals surface area contributed by atoms with Crippen molar-refractivity contribution in [1.82, 2.24) is 10.3 Å². The summed E-state index contributed by atoms with van der Waals surface area (Å²) < 4.78 is 5.87. The van der Waals surface area contributed by atoms with Gasteiger partial charge in [0.25, 0.3) is 5.91 Å². The van der Waals surface area contributed by atoms with E-state index in [2.05, 4.69) is 41.5 Å². The lowest BCUT2D eigenvalue weighted by molar-refractivity contribution is 0.0950. The SMILES string of the molecule is Cc1ccc(CCNC(=O)c2cc3ccc(OCc4ccccc4)cc3[nH]2)cc1. The number of carbonyl (C=O) groups is 1. The van der Waals surface area contributed by atoms with Gasteiger partial charge in [0.05, 0.1) is 0 Å². The van der Waals surface area contributed by atoms with Gasteiger partial charge in [-0.3, -0.25) is 4.79 Å². The second-order valence-corrected chi connectivity index (χ2v) is 7.20. The highest BCUT2D eigenvalue weighted by molar-refractivity contribution is 5.98. The molecule has 1 amide bonds. The minimum Gasteiger partial charge on any atom is -0.489 e. The van der Waals surface area contributed by atoms with E-state index < -0.39 is 0 Å². The number of hydrogen-bond acceptors (Lipinski definition) is 2. The topological polar surface area (TPSA) is 54.1 Å². The zero-order valence-electron chi connectivity index (χ0n) is 16.4. The lowest BCUT2D eigenvalue weighted by atomic mass is 10.1. The van der Waals surface area contributed by atoms with Gasteiger partial charge in [0.15, 0.2) is 0 Å². The van der Waals surface area contributed by atoms with Gasteiger partial charge in [0, 0.05) is 23.5 Å². The molecule has 0 bridgehead atoms. The minimum absolute atomic E-state index is 0.0972.